The van der Waals surface area contributed by atoms with E-state index in [1.165, 1.54) is 0 Å². The van der Waals surface area contributed by atoms with Gasteiger partial charge in [-0.1, -0.05) is 0 Å². The van der Waals surface area contributed by atoms with Gasteiger partial charge >= 0.3 is 12.2 Å². The molecule has 1 aliphatic heterocycles. The standard InChI is InChI=1S/C13H20N4O5/c1-17-6-4-13(22,5-7-17)12(21)16-10(11(19)20)3-2-9(18)8-15-14/h8,10,22H,2-7H2,1H3,(H,16,21)(H,19,20)/t10-/m0/s1. The molecule has 0 aromatic rings. The Morgan fingerprint density at radius 2 is 2.00 bits per heavy atom. The number of amides is 1. The van der Waals surface area contributed by atoms with Gasteiger partial charge in [-0.25, -0.2) is 4.79 Å². The van der Waals surface area contributed by atoms with Crippen molar-refractivity contribution in [3.63, 3.8) is 0 Å². The van der Waals surface area contributed by atoms with E-state index in [9.17, 15) is 19.5 Å². The molecular weight excluding hydrogens is 292 g/mol. The van der Waals surface area contributed by atoms with Gasteiger partial charge in [-0.2, -0.15) is 4.79 Å². The van der Waals surface area contributed by atoms with E-state index in [4.69, 9.17) is 10.6 Å². The maximum Gasteiger partial charge on any atom is 0.326 e. The van der Waals surface area contributed by atoms with Crippen LogP contribution in [0.5, 0.6) is 0 Å². The molecule has 0 aromatic carbocycles. The van der Waals surface area contributed by atoms with Crippen LogP contribution in [-0.2, 0) is 14.4 Å². The first-order chi connectivity index (χ1) is 10.3. The molecular formula is C13H20N4O5. The highest BCUT2D eigenvalue weighted by Gasteiger charge is 2.40. The number of carbonyl (C=O) groups is 3. The molecule has 9 heteroatoms. The number of nitrogens with one attached hydrogen (secondary N) is 1. The number of rotatable bonds is 7. The Morgan fingerprint density at radius 1 is 1.41 bits per heavy atom. The summed E-state index contributed by atoms with van der Waals surface area (Å²) in [5.74, 6) is -2.59. The number of piperidine rings is 1. The molecule has 22 heavy (non-hydrogen) atoms. The van der Waals surface area contributed by atoms with E-state index < -0.39 is 29.3 Å². The van der Waals surface area contributed by atoms with E-state index in [0.717, 1.165) is 0 Å². The Hall–Kier alpha value is -2.09. The number of nitrogens with zero attached hydrogens (tertiary/aromatic N) is 3. The van der Waals surface area contributed by atoms with E-state index in [2.05, 4.69) is 10.1 Å². The number of carboxylic acid groups (broad SMARTS) is 1. The number of likely N-dealkylation sites (tertiary alicyclic amines) is 1. The summed E-state index contributed by atoms with van der Waals surface area (Å²) in [5.41, 5.74) is 6.62. The Bertz CT molecular complexity index is 493. The molecule has 0 unspecified atom stereocenters. The second kappa shape index (κ2) is 7.79. The first kappa shape index (κ1) is 18.0. The molecule has 0 radical (unpaired) electrons. The van der Waals surface area contributed by atoms with Crippen molar-refractivity contribution in [1.29, 1.82) is 0 Å². The Labute approximate surface area is 127 Å². The van der Waals surface area contributed by atoms with Crippen molar-refractivity contribution in [2.24, 2.45) is 0 Å². The third-order valence-corrected chi connectivity index (χ3v) is 3.72. The number of aliphatic hydroxyl groups is 1. The van der Waals surface area contributed by atoms with Gasteiger partial charge in [0.1, 0.15) is 11.6 Å². The van der Waals surface area contributed by atoms with Crippen molar-refractivity contribution >= 4 is 23.9 Å². The Kier molecular flexibility index (Phi) is 6.36. The van der Waals surface area contributed by atoms with Crippen LogP contribution < -0.4 is 5.32 Å². The molecule has 0 aliphatic carbocycles. The largest absolute Gasteiger partial charge is 0.480 e. The first-order valence-corrected chi connectivity index (χ1v) is 6.93. The topological polar surface area (TPSA) is 143 Å². The summed E-state index contributed by atoms with van der Waals surface area (Å²) in [6.07, 6.45) is 0.769. The molecule has 1 fully saturated rings. The highest BCUT2D eigenvalue weighted by atomic mass is 16.4. The molecule has 0 bridgehead atoms. The summed E-state index contributed by atoms with van der Waals surface area (Å²) in [6, 6.07) is -1.28. The van der Waals surface area contributed by atoms with Crippen LogP contribution in [-0.4, -0.2) is 75.6 Å². The number of hydrogen-bond acceptors (Lipinski definition) is 5. The molecule has 1 heterocycles. The van der Waals surface area contributed by atoms with Crippen molar-refractivity contribution in [1.82, 2.24) is 10.2 Å². The monoisotopic (exact) mass is 312 g/mol. The summed E-state index contributed by atoms with van der Waals surface area (Å²) in [4.78, 5) is 39.0. The smallest absolute Gasteiger partial charge is 0.326 e. The van der Waals surface area contributed by atoms with E-state index >= 15 is 0 Å². The summed E-state index contributed by atoms with van der Waals surface area (Å²) in [6.45, 7) is 1.07. The fourth-order valence-electron chi connectivity index (χ4n) is 2.18. The van der Waals surface area contributed by atoms with Crippen molar-refractivity contribution in [2.45, 2.75) is 37.3 Å². The molecule has 1 atom stereocenters. The van der Waals surface area contributed by atoms with E-state index in [1.54, 1.807) is 0 Å². The lowest BCUT2D eigenvalue weighted by atomic mass is 9.90. The molecule has 0 saturated carbocycles. The quantitative estimate of drug-likeness (QED) is 0.301. The van der Waals surface area contributed by atoms with Crippen LogP contribution >= 0.6 is 0 Å². The van der Waals surface area contributed by atoms with Gasteiger partial charge in [0.15, 0.2) is 0 Å². The average Bonchev–Trinajstić information content (AvgIpc) is 2.46. The van der Waals surface area contributed by atoms with Crippen molar-refractivity contribution < 1.29 is 29.4 Å². The lowest BCUT2D eigenvalue weighted by molar-refractivity contribution is -0.150. The second-order valence-corrected chi connectivity index (χ2v) is 5.45. The molecule has 1 saturated heterocycles. The van der Waals surface area contributed by atoms with Gasteiger partial charge in [-0.15, -0.1) is 0 Å². The van der Waals surface area contributed by atoms with Gasteiger partial charge in [-0.3, -0.25) is 9.59 Å². The van der Waals surface area contributed by atoms with Crippen LogP contribution in [0.15, 0.2) is 0 Å². The van der Waals surface area contributed by atoms with E-state index in [-0.39, 0.29) is 25.7 Å². The summed E-state index contributed by atoms with van der Waals surface area (Å²) < 4.78 is 0. The number of carboxylic acids is 1. The molecule has 1 aliphatic rings. The van der Waals surface area contributed by atoms with Crippen molar-refractivity contribution in [2.75, 3.05) is 20.1 Å². The molecule has 0 spiro atoms. The molecule has 0 aromatic heterocycles. The summed E-state index contributed by atoms with van der Waals surface area (Å²) >= 11 is 0. The minimum atomic E-state index is -1.59. The van der Waals surface area contributed by atoms with Crippen molar-refractivity contribution in [3.8, 4) is 0 Å². The minimum Gasteiger partial charge on any atom is -0.480 e. The van der Waals surface area contributed by atoms with Gasteiger partial charge in [0.05, 0.1) is 0 Å². The van der Waals surface area contributed by atoms with Gasteiger partial charge < -0.3 is 26.0 Å². The third-order valence-electron chi connectivity index (χ3n) is 3.72. The molecule has 122 valence electrons. The summed E-state index contributed by atoms with van der Waals surface area (Å²) in [5, 5.41) is 21.7. The fourth-order valence-corrected chi connectivity index (χ4v) is 2.18. The number of carbonyl (C=O) groups excluding carboxylic acids is 2. The maximum atomic E-state index is 12.1. The van der Waals surface area contributed by atoms with Gasteiger partial charge in [0.25, 0.3) is 5.91 Å². The first-order valence-electron chi connectivity index (χ1n) is 6.93. The van der Waals surface area contributed by atoms with Crippen LogP contribution in [0.25, 0.3) is 5.53 Å². The number of ketones is 1. The van der Waals surface area contributed by atoms with Crippen LogP contribution in [0.3, 0.4) is 0 Å². The van der Waals surface area contributed by atoms with Gasteiger partial charge in [0, 0.05) is 19.5 Å². The molecule has 1 amide bonds. The van der Waals surface area contributed by atoms with Crippen LogP contribution in [0.2, 0.25) is 0 Å². The third kappa shape index (κ3) is 5.03. The van der Waals surface area contributed by atoms with Crippen molar-refractivity contribution in [3.05, 3.63) is 5.53 Å². The SMILES string of the molecule is CN1CCC(O)(C(=O)N[C@@H](CCC(=O)C=[N+]=[N-])C(=O)O)CC1. The highest BCUT2D eigenvalue weighted by molar-refractivity contribution is 6.25. The predicted octanol–water partition coefficient (Wildman–Crippen LogP) is -1.34. The molecule has 9 nitrogen and oxygen atoms in total. The number of aliphatic carboxylic acids is 1. The number of Topliss-reactive ketones (excluding diaryl/α,β-unsaturated/α-hetero) is 1. The second-order valence-electron chi connectivity index (χ2n) is 5.45. The number of hydrogen-bond donors (Lipinski definition) is 3. The van der Waals surface area contributed by atoms with Crippen LogP contribution in [0, 0.1) is 0 Å². The maximum absolute atomic E-state index is 12.1. The zero-order chi connectivity index (χ0) is 16.8. The van der Waals surface area contributed by atoms with Gasteiger partial charge in [-0.05, 0) is 26.3 Å². The summed E-state index contributed by atoms with van der Waals surface area (Å²) in [7, 11) is 1.87. The molecule has 3 N–H and O–H groups in total. The van der Waals surface area contributed by atoms with Gasteiger partial charge in [0.2, 0.25) is 5.78 Å². The van der Waals surface area contributed by atoms with E-state index in [0.29, 0.717) is 19.3 Å². The zero-order valence-corrected chi connectivity index (χ0v) is 12.4. The van der Waals surface area contributed by atoms with Crippen LogP contribution in [0.1, 0.15) is 25.7 Å². The Balaban J connectivity index is 2.62. The molecule has 1 rings (SSSR count). The fraction of sp³-hybridized carbons (Fsp3) is 0.692. The Morgan fingerprint density at radius 3 is 2.50 bits per heavy atom. The normalized spacial score (nSPS) is 18.8. The van der Waals surface area contributed by atoms with E-state index in [1.807, 2.05) is 11.9 Å². The lowest BCUT2D eigenvalue weighted by Crippen LogP contribution is -2.56. The lowest BCUT2D eigenvalue weighted by Gasteiger charge is -2.35. The van der Waals surface area contributed by atoms with Crippen LogP contribution in [0.4, 0.5) is 0 Å². The average molecular weight is 312 g/mol. The highest BCUT2D eigenvalue weighted by Crippen LogP contribution is 2.21. The predicted molar refractivity (Wildman–Crippen MR) is 75.2 cm³/mol. The minimum absolute atomic E-state index is 0.151. The zero-order valence-electron chi connectivity index (χ0n) is 12.4.